The van der Waals surface area contributed by atoms with Gasteiger partial charge in [0.15, 0.2) is 11.5 Å². The van der Waals surface area contributed by atoms with Crippen molar-refractivity contribution < 1.29 is 14.2 Å². The van der Waals surface area contributed by atoms with Crippen LogP contribution in [-0.4, -0.2) is 34.0 Å². The summed E-state index contributed by atoms with van der Waals surface area (Å²) in [7, 11) is 3.34. The van der Waals surface area contributed by atoms with Crippen molar-refractivity contribution >= 4 is 0 Å². The van der Waals surface area contributed by atoms with Gasteiger partial charge in [-0.2, -0.15) is 0 Å². The third-order valence-electron chi connectivity index (χ3n) is 4.13. The fourth-order valence-electron chi connectivity index (χ4n) is 2.84. The van der Waals surface area contributed by atoms with Crippen molar-refractivity contribution in [1.82, 2.24) is 5.32 Å². The van der Waals surface area contributed by atoms with Crippen LogP contribution in [0.3, 0.4) is 0 Å². The van der Waals surface area contributed by atoms with Gasteiger partial charge in [0.25, 0.3) is 0 Å². The van der Waals surface area contributed by atoms with Gasteiger partial charge in [-0.25, -0.2) is 0 Å². The maximum Gasteiger partial charge on any atom is 0.161 e. The van der Waals surface area contributed by atoms with E-state index in [2.05, 4.69) is 24.4 Å². The lowest BCUT2D eigenvalue weighted by Gasteiger charge is -2.26. The van der Waals surface area contributed by atoms with E-state index < -0.39 is 0 Å². The summed E-state index contributed by atoms with van der Waals surface area (Å²) in [5.41, 5.74) is 1.24. The number of rotatable bonds is 7. The van der Waals surface area contributed by atoms with Crippen LogP contribution < -0.4 is 14.8 Å². The Morgan fingerprint density at radius 3 is 2.71 bits per heavy atom. The first kappa shape index (κ1) is 16.1. The van der Waals surface area contributed by atoms with Gasteiger partial charge >= 0.3 is 0 Å². The van der Waals surface area contributed by atoms with Crippen molar-refractivity contribution in [2.75, 3.05) is 34.0 Å². The van der Waals surface area contributed by atoms with Crippen molar-refractivity contribution in [3.8, 4) is 11.5 Å². The lowest BCUT2D eigenvalue weighted by molar-refractivity contribution is 0.0537. The largest absolute Gasteiger partial charge is 0.493 e. The molecule has 4 heteroatoms. The van der Waals surface area contributed by atoms with Gasteiger partial charge in [0.2, 0.25) is 0 Å². The van der Waals surface area contributed by atoms with E-state index in [-0.39, 0.29) is 0 Å². The van der Waals surface area contributed by atoms with Gasteiger partial charge in [0, 0.05) is 19.2 Å². The summed E-state index contributed by atoms with van der Waals surface area (Å²) in [6.45, 7) is 5.01. The second kappa shape index (κ2) is 8.25. The minimum atomic E-state index is 0.340. The summed E-state index contributed by atoms with van der Waals surface area (Å²) in [6.07, 6.45) is 3.48. The van der Waals surface area contributed by atoms with E-state index in [0.717, 1.165) is 37.7 Å². The van der Waals surface area contributed by atoms with E-state index in [4.69, 9.17) is 14.2 Å². The van der Waals surface area contributed by atoms with Crippen LogP contribution >= 0.6 is 0 Å². The lowest BCUT2D eigenvalue weighted by Crippen LogP contribution is -2.31. The minimum absolute atomic E-state index is 0.340. The molecule has 1 N–H and O–H groups in total. The number of hydrogen-bond donors (Lipinski definition) is 1. The zero-order valence-electron chi connectivity index (χ0n) is 13.4. The van der Waals surface area contributed by atoms with E-state index in [1.165, 1.54) is 18.4 Å². The van der Waals surface area contributed by atoms with Gasteiger partial charge in [-0.05, 0) is 42.9 Å². The summed E-state index contributed by atoms with van der Waals surface area (Å²) in [5, 5.41) is 3.67. The van der Waals surface area contributed by atoms with Gasteiger partial charge in [-0.15, -0.1) is 0 Å². The first-order valence-corrected chi connectivity index (χ1v) is 7.81. The van der Waals surface area contributed by atoms with E-state index in [9.17, 15) is 0 Å². The minimum Gasteiger partial charge on any atom is -0.493 e. The maximum atomic E-state index is 5.54. The second-order valence-corrected chi connectivity index (χ2v) is 5.57. The number of hydrogen-bond acceptors (Lipinski definition) is 4. The molecule has 0 aliphatic carbocycles. The highest BCUT2D eigenvalue weighted by Gasteiger charge is 2.17. The first-order valence-electron chi connectivity index (χ1n) is 7.81. The Hall–Kier alpha value is -1.26. The topological polar surface area (TPSA) is 39.7 Å². The van der Waals surface area contributed by atoms with Crippen molar-refractivity contribution in [3.05, 3.63) is 23.8 Å². The van der Waals surface area contributed by atoms with Crippen LogP contribution in [0.25, 0.3) is 0 Å². The molecule has 2 atom stereocenters. The molecule has 0 aromatic heterocycles. The molecular weight excluding hydrogens is 266 g/mol. The zero-order valence-corrected chi connectivity index (χ0v) is 13.4. The van der Waals surface area contributed by atoms with E-state index in [1.807, 2.05) is 6.07 Å². The summed E-state index contributed by atoms with van der Waals surface area (Å²) >= 11 is 0. The van der Waals surface area contributed by atoms with Crippen LogP contribution in [-0.2, 0) is 4.74 Å². The van der Waals surface area contributed by atoms with Crippen molar-refractivity contribution in [2.45, 2.75) is 32.2 Å². The summed E-state index contributed by atoms with van der Waals surface area (Å²) in [4.78, 5) is 0. The van der Waals surface area contributed by atoms with Crippen molar-refractivity contribution in [2.24, 2.45) is 5.92 Å². The SMILES string of the molecule is CCC(NCC1CCCOC1)c1ccc(OC)c(OC)c1. The molecule has 1 saturated heterocycles. The Bertz CT molecular complexity index is 430. The molecule has 0 spiro atoms. The molecule has 1 aromatic rings. The van der Waals surface area contributed by atoms with E-state index in [1.54, 1.807) is 14.2 Å². The number of methoxy groups -OCH3 is 2. The Kier molecular flexibility index (Phi) is 6.33. The van der Waals surface area contributed by atoms with Gasteiger partial charge in [0.05, 0.1) is 20.8 Å². The molecule has 4 nitrogen and oxygen atoms in total. The van der Waals surface area contributed by atoms with E-state index in [0.29, 0.717) is 12.0 Å². The Morgan fingerprint density at radius 2 is 2.10 bits per heavy atom. The molecule has 0 amide bonds. The molecule has 2 rings (SSSR count). The predicted octanol–water partition coefficient (Wildman–Crippen LogP) is 3.17. The van der Waals surface area contributed by atoms with Crippen molar-refractivity contribution in [1.29, 1.82) is 0 Å². The van der Waals surface area contributed by atoms with Gasteiger partial charge in [0.1, 0.15) is 0 Å². The monoisotopic (exact) mass is 293 g/mol. The molecular formula is C17H27NO3. The second-order valence-electron chi connectivity index (χ2n) is 5.57. The van der Waals surface area contributed by atoms with Crippen LogP contribution in [0.1, 0.15) is 37.8 Å². The average molecular weight is 293 g/mol. The Labute approximate surface area is 127 Å². The lowest BCUT2D eigenvalue weighted by atomic mass is 9.99. The molecule has 1 aliphatic heterocycles. The molecule has 1 aliphatic rings. The van der Waals surface area contributed by atoms with Gasteiger partial charge in [-0.3, -0.25) is 0 Å². The van der Waals surface area contributed by atoms with Gasteiger partial charge in [-0.1, -0.05) is 13.0 Å². The normalized spacial score (nSPS) is 20.0. The van der Waals surface area contributed by atoms with Crippen molar-refractivity contribution in [3.63, 3.8) is 0 Å². The number of ether oxygens (including phenoxy) is 3. The number of nitrogens with one attached hydrogen (secondary N) is 1. The summed E-state index contributed by atoms with van der Waals surface area (Å²) in [6, 6.07) is 6.49. The fraction of sp³-hybridized carbons (Fsp3) is 0.647. The summed E-state index contributed by atoms with van der Waals surface area (Å²) < 4.78 is 16.2. The molecule has 21 heavy (non-hydrogen) atoms. The van der Waals surface area contributed by atoms with Crippen LogP contribution in [0, 0.1) is 5.92 Å². The van der Waals surface area contributed by atoms with Gasteiger partial charge < -0.3 is 19.5 Å². The molecule has 1 heterocycles. The van der Waals surface area contributed by atoms with Crippen LogP contribution in [0.5, 0.6) is 11.5 Å². The standard InChI is InChI=1S/C17H27NO3/c1-4-15(18-11-13-6-5-9-21-12-13)14-7-8-16(19-2)17(10-14)20-3/h7-8,10,13,15,18H,4-6,9,11-12H2,1-3H3. The Morgan fingerprint density at radius 1 is 1.29 bits per heavy atom. The molecule has 0 saturated carbocycles. The highest BCUT2D eigenvalue weighted by atomic mass is 16.5. The van der Waals surface area contributed by atoms with Crippen LogP contribution in [0.2, 0.25) is 0 Å². The maximum absolute atomic E-state index is 5.54. The van der Waals surface area contributed by atoms with Crippen LogP contribution in [0.15, 0.2) is 18.2 Å². The Balaban J connectivity index is 1.99. The highest BCUT2D eigenvalue weighted by molar-refractivity contribution is 5.43. The fourth-order valence-corrected chi connectivity index (χ4v) is 2.84. The smallest absolute Gasteiger partial charge is 0.161 e. The zero-order chi connectivity index (χ0) is 15.1. The van der Waals surface area contributed by atoms with E-state index >= 15 is 0 Å². The quantitative estimate of drug-likeness (QED) is 0.838. The third kappa shape index (κ3) is 4.35. The first-order chi connectivity index (χ1) is 10.3. The number of benzene rings is 1. The summed E-state index contributed by atoms with van der Waals surface area (Å²) in [5.74, 6) is 2.20. The molecule has 118 valence electrons. The van der Waals surface area contributed by atoms with Crippen LogP contribution in [0.4, 0.5) is 0 Å². The third-order valence-corrected chi connectivity index (χ3v) is 4.13. The molecule has 0 bridgehead atoms. The predicted molar refractivity (Wildman–Crippen MR) is 84.1 cm³/mol. The molecule has 2 unspecified atom stereocenters. The molecule has 0 radical (unpaired) electrons. The highest BCUT2D eigenvalue weighted by Crippen LogP contribution is 2.31. The average Bonchev–Trinajstić information content (AvgIpc) is 2.56. The molecule has 1 aromatic carbocycles. The molecule has 1 fully saturated rings.